The molecule has 1 N–H and O–H groups in total. The maximum atomic E-state index is 12.9. The van der Waals surface area contributed by atoms with Crippen LogP contribution in [0.1, 0.15) is 50.9 Å². The van der Waals surface area contributed by atoms with Gasteiger partial charge in [0, 0.05) is 31.6 Å². The van der Waals surface area contributed by atoms with Crippen LogP contribution in [-0.2, 0) is 10.2 Å². The van der Waals surface area contributed by atoms with E-state index in [4.69, 9.17) is 9.97 Å². The van der Waals surface area contributed by atoms with Crippen molar-refractivity contribution in [2.75, 3.05) is 31.1 Å². The van der Waals surface area contributed by atoms with Crippen LogP contribution in [0, 0.1) is 5.92 Å². The Balaban J connectivity index is 1.38. The van der Waals surface area contributed by atoms with E-state index in [0.717, 1.165) is 74.7 Å². The van der Waals surface area contributed by atoms with E-state index >= 15 is 0 Å². The summed E-state index contributed by atoms with van der Waals surface area (Å²) in [5.41, 5.74) is 2.67. The molecule has 5 rings (SSSR count). The van der Waals surface area contributed by atoms with Gasteiger partial charge < -0.3 is 14.8 Å². The molecule has 1 aromatic carbocycles. The molecule has 2 aliphatic heterocycles. The van der Waals surface area contributed by atoms with Crippen molar-refractivity contribution < 1.29 is 4.79 Å². The number of hydrogen-bond acceptors (Lipinski definition) is 4. The number of aromatic nitrogens is 3. The second-order valence-corrected chi connectivity index (χ2v) is 9.43. The van der Waals surface area contributed by atoms with Gasteiger partial charge >= 0.3 is 0 Å². The SMILES string of the molecule is CC(C)(c1ccccc1)c1nc2nc(N3CCCC(C(=O)N4CCCC4)C3)ccc2[nH]1. The third kappa shape index (κ3) is 3.80. The van der Waals surface area contributed by atoms with Gasteiger partial charge in [0.2, 0.25) is 5.91 Å². The minimum atomic E-state index is -0.236. The van der Waals surface area contributed by atoms with Crippen LogP contribution in [0.25, 0.3) is 11.2 Å². The molecule has 162 valence electrons. The van der Waals surface area contributed by atoms with Crippen molar-refractivity contribution in [3.05, 3.63) is 53.9 Å². The zero-order valence-electron chi connectivity index (χ0n) is 18.5. The predicted octanol–water partition coefficient (Wildman–Crippen LogP) is 4.12. The van der Waals surface area contributed by atoms with E-state index in [1.807, 2.05) is 6.07 Å². The number of carbonyl (C=O) groups excluding carboxylic acids is 1. The highest BCUT2D eigenvalue weighted by Crippen LogP contribution is 2.31. The minimum absolute atomic E-state index is 0.0797. The molecule has 0 radical (unpaired) electrons. The van der Waals surface area contributed by atoms with Gasteiger partial charge in [-0.25, -0.2) is 9.97 Å². The number of piperidine rings is 1. The standard InChI is InChI=1S/C25H31N5O/c1-25(2,19-10-4-3-5-11-19)24-26-20-12-13-21(27-22(20)28-24)30-16-8-9-18(17-30)23(31)29-14-6-7-15-29/h3-5,10-13,18H,6-9,14-17H2,1-2H3,(H,26,27,28). The van der Waals surface area contributed by atoms with Crippen molar-refractivity contribution in [1.82, 2.24) is 19.9 Å². The molecule has 31 heavy (non-hydrogen) atoms. The van der Waals surface area contributed by atoms with Crippen LogP contribution in [-0.4, -0.2) is 51.9 Å². The number of carbonyl (C=O) groups is 1. The third-order valence-electron chi connectivity index (χ3n) is 6.93. The monoisotopic (exact) mass is 417 g/mol. The fourth-order valence-electron chi connectivity index (χ4n) is 4.93. The average molecular weight is 418 g/mol. The van der Waals surface area contributed by atoms with Gasteiger partial charge in [-0.1, -0.05) is 30.3 Å². The Bertz CT molecular complexity index is 1070. The third-order valence-corrected chi connectivity index (χ3v) is 6.93. The summed E-state index contributed by atoms with van der Waals surface area (Å²) in [6.07, 6.45) is 4.28. The molecule has 6 nitrogen and oxygen atoms in total. The van der Waals surface area contributed by atoms with Crippen molar-refractivity contribution in [3.63, 3.8) is 0 Å². The number of benzene rings is 1. The Labute approximate surface area is 183 Å². The Morgan fingerprint density at radius 1 is 1.00 bits per heavy atom. The van der Waals surface area contributed by atoms with Gasteiger partial charge in [-0.15, -0.1) is 0 Å². The lowest BCUT2D eigenvalue weighted by Gasteiger charge is -2.34. The zero-order chi connectivity index (χ0) is 21.4. The maximum Gasteiger partial charge on any atom is 0.227 e. The highest BCUT2D eigenvalue weighted by Gasteiger charge is 2.31. The van der Waals surface area contributed by atoms with Crippen LogP contribution in [0.15, 0.2) is 42.5 Å². The van der Waals surface area contributed by atoms with Crippen LogP contribution in [0.2, 0.25) is 0 Å². The van der Waals surface area contributed by atoms with Crippen molar-refractivity contribution in [2.45, 2.75) is 44.9 Å². The smallest absolute Gasteiger partial charge is 0.227 e. The van der Waals surface area contributed by atoms with Crippen LogP contribution in [0.4, 0.5) is 5.82 Å². The number of likely N-dealkylation sites (tertiary alicyclic amines) is 1. The first-order valence-corrected chi connectivity index (χ1v) is 11.5. The van der Waals surface area contributed by atoms with E-state index in [9.17, 15) is 4.79 Å². The predicted molar refractivity (Wildman–Crippen MR) is 123 cm³/mol. The van der Waals surface area contributed by atoms with E-state index in [1.165, 1.54) is 5.56 Å². The first-order chi connectivity index (χ1) is 15.0. The summed E-state index contributed by atoms with van der Waals surface area (Å²) in [6, 6.07) is 14.6. The maximum absolute atomic E-state index is 12.9. The molecule has 2 fully saturated rings. The topological polar surface area (TPSA) is 65.1 Å². The van der Waals surface area contributed by atoms with Gasteiger partial charge in [0.1, 0.15) is 11.6 Å². The van der Waals surface area contributed by atoms with Crippen molar-refractivity contribution in [2.24, 2.45) is 5.92 Å². The number of aromatic amines is 1. The average Bonchev–Trinajstić information content (AvgIpc) is 3.49. The fraction of sp³-hybridized carbons (Fsp3) is 0.480. The summed E-state index contributed by atoms with van der Waals surface area (Å²) < 4.78 is 0. The lowest BCUT2D eigenvalue weighted by Crippen LogP contribution is -2.44. The molecular formula is C25H31N5O. The molecule has 0 spiro atoms. The fourth-order valence-corrected chi connectivity index (χ4v) is 4.93. The Morgan fingerprint density at radius 2 is 1.77 bits per heavy atom. The second-order valence-electron chi connectivity index (χ2n) is 9.43. The molecule has 1 amide bonds. The molecule has 0 aliphatic carbocycles. The number of nitrogens with one attached hydrogen (secondary N) is 1. The number of nitrogens with zero attached hydrogens (tertiary/aromatic N) is 4. The molecule has 3 aromatic rings. The molecule has 1 atom stereocenters. The number of hydrogen-bond donors (Lipinski definition) is 1. The summed E-state index contributed by atoms with van der Waals surface area (Å²) in [5.74, 6) is 2.24. The number of imidazole rings is 1. The van der Waals surface area contributed by atoms with E-state index in [0.29, 0.717) is 5.91 Å². The van der Waals surface area contributed by atoms with E-state index in [1.54, 1.807) is 0 Å². The van der Waals surface area contributed by atoms with Crippen LogP contribution in [0.3, 0.4) is 0 Å². The molecule has 0 saturated carbocycles. The summed E-state index contributed by atoms with van der Waals surface area (Å²) in [7, 11) is 0. The number of pyridine rings is 1. The van der Waals surface area contributed by atoms with E-state index < -0.39 is 0 Å². The summed E-state index contributed by atoms with van der Waals surface area (Å²) >= 11 is 0. The normalized spacial score (nSPS) is 19.9. The summed E-state index contributed by atoms with van der Waals surface area (Å²) in [6.45, 7) is 7.90. The minimum Gasteiger partial charge on any atom is -0.356 e. The van der Waals surface area contributed by atoms with Gasteiger partial charge in [-0.05, 0) is 57.2 Å². The molecule has 2 aliphatic rings. The Hall–Kier alpha value is -2.89. The second kappa shape index (κ2) is 7.98. The zero-order valence-corrected chi connectivity index (χ0v) is 18.5. The van der Waals surface area contributed by atoms with Gasteiger partial charge in [0.25, 0.3) is 0 Å². The van der Waals surface area contributed by atoms with Crippen molar-refractivity contribution in [1.29, 1.82) is 0 Å². The summed E-state index contributed by atoms with van der Waals surface area (Å²) in [5, 5.41) is 0. The molecule has 0 bridgehead atoms. The van der Waals surface area contributed by atoms with Crippen molar-refractivity contribution in [3.8, 4) is 0 Å². The highest BCUT2D eigenvalue weighted by atomic mass is 16.2. The van der Waals surface area contributed by atoms with Crippen LogP contribution < -0.4 is 4.90 Å². The van der Waals surface area contributed by atoms with Crippen LogP contribution in [0.5, 0.6) is 0 Å². The molecule has 2 aromatic heterocycles. The Morgan fingerprint density at radius 3 is 2.55 bits per heavy atom. The number of rotatable bonds is 4. The lowest BCUT2D eigenvalue weighted by atomic mass is 9.84. The molecule has 4 heterocycles. The van der Waals surface area contributed by atoms with E-state index in [-0.39, 0.29) is 11.3 Å². The van der Waals surface area contributed by atoms with Gasteiger partial charge in [0.15, 0.2) is 5.65 Å². The first-order valence-electron chi connectivity index (χ1n) is 11.5. The molecular weight excluding hydrogens is 386 g/mol. The van der Waals surface area contributed by atoms with Crippen molar-refractivity contribution >= 4 is 22.9 Å². The number of anilines is 1. The number of fused-ring (bicyclic) bond motifs is 1. The molecule has 6 heteroatoms. The Kier molecular flexibility index (Phi) is 5.16. The summed E-state index contributed by atoms with van der Waals surface area (Å²) in [4.78, 5) is 30.4. The quantitative estimate of drug-likeness (QED) is 0.693. The van der Waals surface area contributed by atoms with Gasteiger partial charge in [-0.2, -0.15) is 0 Å². The number of amides is 1. The van der Waals surface area contributed by atoms with Crippen LogP contribution >= 0.6 is 0 Å². The molecule has 1 unspecified atom stereocenters. The van der Waals surface area contributed by atoms with Gasteiger partial charge in [-0.3, -0.25) is 4.79 Å². The first kappa shape index (κ1) is 20.0. The molecule has 2 saturated heterocycles. The largest absolute Gasteiger partial charge is 0.356 e. The number of H-pyrrole nitrogens is 1. The van der Waals surface area contributed by atoms with E-state index in [2.05, 4.69) is 65.0 Å². The highest BCUT2D eigenvalue weighted by molar-refractivity contribution is 5.80. The van der Waals surface area contributed by atoms with Gasteiger partial charge in [0.05, 0.1) is 11.4 Å². The lowest BCUT2D eigenvalue weighted by molar-refractivity contribution is -0.134.